The van der Waals surface area contributed by atoms with Crippen molar-refractivity contribution in [1.82, 2.24) is 19.5 Å². The molecule has 2 aromatic heterocycles. The van der Waals surface area contributed by atoms with Crippen LogP contribution in [0.5, 0.6) is 5.75 Å². The first kappa shape index (κ1) is 32.0. The van der Waals surface area contributed by atoms with Gasteiger partial charge in [0.1, 0.15) is 33.8 Å². The predicted molar refractivity (Wildman–Crippen MR) is 156 cm³/mol. The van der Waals surface area contributed by atoms with Crippen molar-refractivity contribution in [2.45, 2.75) is 65.0 Å². The van der Waals surface area contributed by atoms with E-state index < -0.39 is 28.2 Å². The Kier molecular flexibility index (Phi) is 9.47. The van der Waals surface area contributed by atoms with E-state index in [0.717, 1.165) is 0 Å². The van der Waals surface area contributed by atoms with Crippen molar-refractivity contribution in [2.75, 3.05) is 37.4 Å². The van der Waals surface area contributed by atoms with Gasteiger partial charge < -0.3 is 34.4 Å². The highest BCUT2D eigenvalue weighted by Gasteiger charge is 2.35. The minimum Gasteiger partial charge on any atom is -0.488 e. The summed E-state index contributed by atoms with van der Waals surface area (Å²) in [6.45, 7) is 10.0. The van der Waals surface area contributed by atoms with Gasteiger partial charge in [0.05, 0.1) is 25.6 Å². The number of aliphatic hydroxyl groups excluding tert-OH is 1. The third-order valence-corrected chi connectivity index (χ3v) is 9.59. The Hall–Kier alpha value is -3.95. The smallest absolute Gasteiger partial charge is 0.323 e. The summed E-state index contributed by atoms with van der Waals surface area (Å²) in [5.74, 6) is 0.451. The number of fused-ring (bicyclic) bond motifs is 1. The lowest BCUT2D eigenvalue weighted by atomic mass is 10.0. The molecule has 4 rings (SSSR count). The number of anilines is 2. The average molecular weight is 619 g/mol. The number of carbonyl (C=O) groups excluding carboxylic acids is 2. The van der Waals surface area contributed by atoms with Gasteiger partial charge in [-0.2, -0.15) is 4.31 Å². The lowest BCUT2D eigenvalue weighted by molar-refractivity contribution is -0.134. The Balaban J connectivity index is 1.64. The number of aryl methyl sites for hydroxylation is 4. The van der Waals surface area contributed by atoms with Gasteiger partial charge in [0, 0.05) is 30.8 Å². The van der Waals surface area contributed by atoms with E-state index in [1.165, 1.54) is 18.3 Å². The molecule has 43 heavy (non-hydrogen) atoms. The Bertz CT molecular complexity index is 1560. The lowest BCUT2D eigenvalue weighted by Crippen LogP contribution is -2.48. The molecule has 3 heterocycles. The summed E-state index contributed by atoms with van der Waals surface area (Å²) in [4.78, 5) is 27.8. The fourth-order valence-corrected chi connectivity index (χ4v) is 6.48. The van der Waals surface area contributed by atoms with E-state index in [-0.39, 0.29) is 54.3 Å². The van der Waals surface area contributed by atoms with Crippen molar-refractivity contribution in [3.63, 3.8) is 0 Å². The number of rotatable bonds is 8. The van der Waals surface area contributed by atoms with Crippen molar-refractivity contribution in [3.8, 4) is 5.75 Å². The molecule has 0 spiro atoms. The molecule has 1 aliphatic heterocycles. The molecule has 3 N–H and O–H groups in total. The van der Waals surface area contributed by atoms with Crippen LogP contribution in [-0.2, 0) is 21.2 Å². The van der Waals surface area contributed by atoms with Crippen LogP contribution in [0.15, 0.2) is 32.1 Å². The van der Waals surface area contributed by atoms with Crippen LogP contribution < -0.4 is 15.4 Å². The summed E-state index contributed by atoms with van der Waals surface area (Å²) in [7, 11) is -2.52. The predicted octanol–water partition coefficient (Wildman–Crippen LogP) is 3.01. The number of nitrogens with one attached hydrogen (secondary N) is 2. The molecule has 14 nitrogen and oxygen atoms in total. The first-order valence-electron chi connectivity index (χ1n) is 13.8. The monoisotopic (exact) mass is 618 g/mol. The van der Waals surface area contributed by atoms with Crippen molar-refractivity contribution in [3.05, 3.63) is 46.7 Å². The van der Waals surface area contributed by atoms with E-state index in [2.05, 4.69) is 20.9 Å². The fourth-order valence-electron chi connectivity index (χ4n) is 5.01. The number of carbonyl (C=O) groups is 2. The number of urea groups is 1. The molecule has 15 heteroatoms. The number of hydrogen-bond acceptors (Lipinski definition) is 10. The topological polar surface area (TPSA) is 180 Å². The van der Waals surface area contributed by atoms with E-state index in [1.807, 2.05) is 6.92 Å². The Morgan fingerprint density at radius 1 is 1.14 bits per heavy atom. The molecule has 1 aliphatic rings. The lowest BCUT2D eigenvalue weighted by Gasteiger charge is -2.33. The summed E-state index contributed by atoms with van der Waals surface area (Å²) >= 11 is 0. The maximum Gasteiger partial charge on any atom is 0.323 e. The normalized spacial score (nSPS) is 18.3. The maximum atomic E-state index is 13.5. The largest absolute Gasteiger partial charge is 0.488 e. The third kappa shape index (κ3) is 6.84. The minimum atomic E-state index is -3.97. The first-order chi connectivity index (χ1) is 20.2. The first-order valence-corrected chi connectivity index (χ1v) is 15.3. The van der Waals surface area contributed by atoms with Gasteiger partial charge >= 0.3 is 6.03 Å². The molecule has 0 radical (unpaired) electrons. The summed E-state index contributed by atoms with van der Waals surface area (Å²) < 4.78 is 44.7. The molecule has 3 atom stereocenters. The highest BCUT2D eigenvalue weighted by atomic mass is 32.2. The summed E-state index contributed by atoms with van der Waals surface area (Å²) in [6.07, 6.45) is -0.743. The Labute approximate surface area is 250 Å². The number of likely N-dealkylation sites (N-methyl/N-ethyl adjacent to an activating group) is 1. The molecule has 234 valence electrons. The SMILES string of the molecule is Cc1noc(C)c1NC(=O)Nc1ccc2c(c1)CC(=O)N([C@H](C)CO)C[C@H](C)[C@H](CN(C)S(=O)(=O)c1c(C)noc1C)O2. The molecular formula is C28H38N6O8S. The average Bonchev–Trinajstić information content (AvgIpc) is 3.47. The quantitative estimate of drug-likeness (QED) is 0.340. The molecular weight excluding hydrogens is 580 g/mol. The van der Waals surface area contributed by atoms with Crippen LogP contribution in [0.1, 0.15) is 42.3 Å². The second kappa shape index (κ2) is 12.7. The molecule has 0 saturated heterocycles. The third-order valence-electron chi connectivity index (χ3n) is 7.52. The van der Waals surface area contributed by atoms with Crippen LogP contribution in [0.3, 0.4) is 0 Å². The number of amides is 3. The fraction of sp³-hybridized carbons (Fsp3) is 0.500. The second-order valence-electron chi connectivity index (χ2n) is 10.9. The van der Waals surface area contributed by atoms with Crippen molar-refractivity contribution in [2.24, 2.45) is 5.92 Å². The summed E-state index contributed by atoms with van der Waals surface area (Å²) in [6, 6.07) is 3.90. The van der Waals surface area contributed by atoms with Crippen LogP contribution in [0.2, 0.25) is 0 Å². The number of aromatic nitrogens is 2. The van der Waals surface area contributed by atoms with Gasteiger partial charge in [-0.15, -0.1) is 0 Å². The van der Waals surface area contributed by atoms with Gasteiger partial charge in [-0.25, -0.2) is 13.2 Å². The van der Waals surface area contributed by atoms with Gasteiger partial charge in [0.2, 0.25) is 15.9 Å². The van der Waals surface area contributed by atoms with Crippen LogP contribution in [0.25, 0.3) is 0 Å². The zero-order valence-corrected chi connectivity index (χ0v) is 26.1. The Morgan fingerprint density at radius 2 is 1.81 bits per heavy atom. The van der Waals surface area contributed by atoms with Gasteiger partial charge in [-0.1, -0.05) is 17.2 Å². The molecule has 0 aliphatic carbocycles. The van der Waals surface area contributed by atoms with Gasteiger partial charge in [-0.3, -0.25) is 4.79 Å². The number of ether oxygens (including phenoxy) is 1. The Morgan fingerprint density at radius 3 is 2.42 bits per heavy atom. The van der Waals surface area contributed by atoms with Gasteiger partial charge in [0.15, 0.2) is 11.5 Å². The number of hydrogen-bond donors (Lipinski definition) is 3. The number of nitrogens with zero attached hydrogens (tertiary/aromatic N) is 4. The molecule has 0 unspecified atom stereocenters. The van der Waals surface area contributed by atoms with Gasteiger partial charge in [0.25, 0.3) is 0 Å². The molecule has 3 aromatic rings. The van der Waals surface area contributed by atoms with E-state index in [9.17, 15) is 23.1 Å². The highest BCUT2D eigenvalue weighted by molar-refractivity contribution is 7.89. The van der Waals surface area contributed by atoms with Crippen LogP contribution in [-0.4, -0.2) is 83.9 Å². The van der Waals surface area contributed by atoms with Crippen LogP contribution in [0, 0.1) is 33.6 Å². The molecule has 1 aromatic carbocycles. The summed E-state index contributed by atoms with van der Waals surface area (Å²) in [5, 5.41) is 23.0. The molecule has 0 fully saturated rings. The number of sulfonamides is 1. The highest BCUT2D eigenvalue weighted by Crippen LogP contribution is 2.31. The summed E-state index contributed by atoms with van der Waals surface area (Å²) in [5.41, 5.74) is 2.14. The van der Waals surface area contributed by atoms with E-state index in [4.69, 9.17) is 13.8 Å². The van der Waals surface area contributed by atoms with Crippen LogP contribution >= 0.6 is 0 Å². The molecule has 3 amide bonds. The number of benzene rings is 1. The standard InChI is InChI=1S/C28H38N6O8S/c1-15-12-34(16(2)14-35)25(36)11-21-10-22(29-28(37)30-26-17(3)31-41-19(26)5)8-9-23(21)40-24(15)13-33(7)43(38,39)27-18(4)32-42-20(27)6/h8-10,15-16,24,35H,11-14H2,1-7H3,(H2,29,30,37)/t15-,16+,24-/m0/s1. The van der Waals surface area contributed by atoms with E-state index in [0.29, 0.717) is 34.1 Å². The van der Waals surface area contributed by atoms with E-state index in [1.54, 1.807) is 50.8 Å². The van der Waals surface area contributed by atoms with E-state index >= 15 is 0 Å². The number of aliphatic hydroxyl groups is 1. The zero-order valence-electron chi connectivity index (χ0n) is 25.3. The molecule has 0 saturated carbocycles. The van der Waals surface area contributed by atoms with Crippen molar-refractivity contribution in [1.29, 1.82) is 0 Å². The maximum absolute atomic E-state index is 13.5. The van der Waals surface area contributed by atoms with Gasteiger partial charge in [-0.05, 0) is 52.8 Å². The second-order valence-corrected chi connectivity index (χ2v) is 12.9. The zero-order chi connectivity index (χ0) is 31.6. The van der Waals surface area contributed by atoms with Crippen molar-refractivity contribution < 1.29 is 36.9 Å². The molecule has 0 bridgehead atoms. The van der Waals surface area contributed by atoms with Crippen LogP contribution in [0.4, 0.5) is 16.2 Å². The van der Waals surface area contributed by atoms with Crippen molar-refractivity contribution >= 4 is 33.3 Å². The minimum absolute atomic E-state index is 0.00223.